The average molecular weight is 743 g/mol. The van der Waals surface area contributed by atoms with Gasteiger partial charge >= 0.3 is 0 Å². The van der Waals surface area contributed by atoms with Gasteiger partial charge in [0.25, 0.3) is 0 Å². The lowest BCUT2D eigenvalue weighted by Gasteiger charge is -2.14. The number of aromatic nitrogens is 4. The zero-order valence-corrected chi connectivity index (χ0v) is 31.1. The van der Waals surface area contributed by atoms with E-state index in [1.165, 1.54) is 0 Å². The lowest BCUT2D eigenvalue weighted by molar-refractivity contribution is 1.16. The lowest BCUT2D eigenvalue weighted by atomic mass is 9.93. The summed E-state index contributed by atoms with van der Waals surface area (Å²) in [5.41, 5.74) is 14.4. The van der Waals surface area contributed by atoms with Crippen molar-refractivity contribution < 1.29 is 0 Å². The van der Waals surface area contributed by atoms with Gasteiger partial charge < -0.3 is 9.55 Å². The number of nitrogens with zero attached hydrogens (tertiary/aromatic N) is 3. The van der Waals surface area contributed by atoms with Crippen LogP contribution in [0.15, 0.2) is 147 Å². The fraction of sp³-hybridized carbons (Fsp3) is 0. The van der Waals surface area contributed by atoms with Gasteiger partial charge in [-0.25, -0.2) is 9.97 Å². The van der Waals surface area contributed by atoms with E-state index >= 15 is 0 Å². The van der Waals surface area contributed by atoms with Crippen LogP contribution in [0.5, 0.6) is 0 Å². The minimum Gasteiger partial charge on any atom is -0.355 e. The molecule has 0 fully saturated rings. The lowest BCUT2D eigenvalue weighted by Crippen LogP contribution is -1.97. The third-order valence-electron chi connectivity index (χ3n) is 9.24. The number of thiol groups is 4. The van der Waals surface area contributed by atoms with Crippen LogP contribution in [0, 0.1) is 0 Å². The van der Waals surface area contributed by atoms with Crippen LogP contribution < -0.4 is 0 Å². The fourth-order valence-corrected chi connectivity index (χ4v) is 7.50. The molecular formula is C44H30N4S4. The zero-order chi connectivity index (χ0) is 35.3. The van der Waals surface area contributed by atoms with Crippen molar-refractivity contribution in [2.24, 2.45) is 0 Å². The molecule has 0 radical (unpaired) electrons. The Kier molecular flexibility index (Phi) is 8.48. The van der Waals surface area contributed by atoms with Gasteiger partial charge in [0.1, 0.15) is 0 Å². The van der Waals surface area contributed by atoms with Crippen molar-refractivity contribution in [3.05, 3.63) is 150 Å². The summed E-state index contributed by atoms with van der Waals surface area (Å²) < 4.78 is 2.35. The second-order valence-corrected chi connectivity index (χ2v) is 14.8. The third-order valence-corrected chi connectivity index (χ3v) is 10.4. The summed E-state index contributed by atoms with van der Waals surface area (Å²) in [6.07, 6.45) is 8.32. The molecule has 8 heteroatoms. The normalized spacial score (nSPS) is 12.1. The van der Waals surface area contributed by atoms with Crippen LogP contribution in [0.4, 0.5) is 0 Å². The Morgan fingerprint density at radius 1 is 0.423 bits per heavy atom. The maximum atomic E-state index is 5.30. The van der Waals surface area contributed by atoms with E-state index in [1.807, 2.05) is 48.5 Å². The molecule has 7 aromatic rings. The molecule has 2 aliphatic rings. The monoisotopic (exact) mass is 742 g/mol. The van der Waals surface area contributed by atoms with Gasteiger partial charge in [0.05, 0.1) is 33.8 Å². The topological polar surface area (TPSA) is 46.5 Å². The minimum atomic E-state index is 0.840. The van der Waals surface area contributed by atoms with Crippen molar-refractivity contribution >= 4 is 96.9 Å². The first-order chi connectivity index (χ1) is 25.4. The molecule has 4 aromatic carbocycles. The fourth-order valence-electron chi connectivity index (χ4n) is 6.91. The number of rotatable bonds is 4. The van der Waals surface area contributed by atoms with Crippen LogP contribution in [-0.2, 0) is 0 Å². The van der Waals surface area contributed by atoms with E-state index in [2.05, 4.69) is 163 Å². The third kappa shape index (κ3) is 6.22. The summed E-state index contributed by atoms with van der Waals surface area (Å²) >= 11 is 18.7. The molecule has 0 aliphatic carbocycles. The minimum absolute atomic E-state index is 0.840. The smallest absolute Gasteiger partial charge is 0.0737 e. The van der Waals surface area contributed by atoms with Crippen molar-refractivity contribution in [3.8, 4) is 39.1 Å². The number of nitrogens with one attached hydrogen (secondary N) is 1. The number of hydrogen-bond acceptors (Lipinski definition) is 6. The highest BCUT2D eigenvalue weighted by Gasteiger charge is 2.25. The Bertz CT molecular complexity index is 2740. The second kappa shape index (κ2) is 13.5. The number of benzene rings is 4. The quantitative estimate of drug-likeness (QED) is 0.117. The summed E-state index contributed by atoms with van der Waals surface area (Å²) in [7, 11) is 0. The first-order valence-corrected chi connectivity index (χ1v) is 18.5. The average Bonchev–Trinajstić information content (AvgIpc) is 3.95. The molecule has 2 aliphatic heterocycles. The molecule has 0 amide bonds. The van der Waals surface area contributed by atoms with E-state index in [9.17, 15) is 0 Å². The molecule has 1 N–H and O–H groups in total. The van der Waals surface area contributed by atoms with Crippen molar-refractivity contribution in [3.63, 3.8) is 0 Å². The molecular weight excluding hydrogens is 713 g/mol. The van der Waals surface area contributed by atoms with E-state index in [-0.39, 0.29) is 0 Å². The Morgan fingerprint density at radius 3 is 1.42 bits per heavy atom. The molecule has 52 heavy (non-hydrogen) atoms. The molecule has 250 valence electrons. The molecule has 5 heterocycles. The Hall–Kier alpha value is -5.12. The SMILES string of the molecule is Sc1ccc(-c2c(-c3ccc(S)cc3)c3c(-c4ccc(S)cc4)c4nc(cc5ccc(cc6nc(cc2n3-c2ccc(S)cc2)C=C6)[nH]5)C=C4)cc1. The molecule has 0 saturated carbocycles. The van der Waals surface area contributed by atoms with Gasteiger partial charge in [-0.3, -0.25) is 0 Å². The van der Waals surface area contributed by atoms with Crippen molar-refractivity contribution in [1.82, 2.24) is 19.5 Å². The van der Waals surface area contributed by atoms with Crippen LogP contribution >= 0.6 is 50.5 Å². The highest BCUT2D eigenvalue weighted by atomic mass is 32.1. The predicted molar refractivity (Wildman–Crippen MR) is 229 cm³/mol. The van der Waals surface area contributed by atoms with Crippen LogP contribution in [0.2, 0.25) is 0 Å². The second-order valence-electron chi connectivity index (χ2n) is 12.7. The first-order valence-electron chi connectivity index (χ1n) is 16.7. The first kappa shape index (κ1) is 32.8. The number of hydrogen-bond donors (Lipinski definition) is 5. The van der Waals surface area contributed by atoms with Crippen LogP contribution in [0.3, 0.4) is 0 Å². The summed E-state index contributed by atoms with van der Waals surface area (Å²) in [5, 5.41) is 0. The molecule has 0 unspecified atom stereocenters. The highest BCUT2D eigenvalue weighted by Crippen LogP contribution is 2.47. The van der Waals surface area contributed by atoms with Crippen molar-refractivity contribution in [2.45, 2.75) is 19.6 Å². The van der Waals surface area contributed by atoms with E-state index in [4.69, 9.17) is 9.97 Å². The van der Waals surface area contributed by atoms with Gasteiger partial charge in [-0.1, -0.05) is 36.4 Å². The Morgan fingerprint density at radius 2 is 0.865 bits per heavy atom. The van der Waals surface area contributed by atoms with Crippen LogP contribution in [0.1, 0.15) is 22.8 Å². The van der Waals surface area contributed by atoms with Crippen molar-refractivity contribution in [1.29, 1.82) is 0 Å². The van der Waals surface area contributed by atoms with Crippen molar-refractivity contribution in [2.75, 3.05) is 0 Å². The van der Waals surface area contributed by atoms with Crippen LogP contribution in [-0.4, -0.2) is 19.5 Å². The molecule has 4 nitrogen and oxygen atoms in total. The molecule has 8 bridgehead atoms. The zero-order valence-electron chi connectivity index (χ0n) is 27.6. The molecule has 9 rings (SSSR count). The van der Waals surface area contributed by atoms with Gasteiger partial charge in [-0.2, -0.15) is 0 Å². The van der Waals surface area contributed by atoms with Gasteiger partial charge in [-0.15, -0.1) is 50.5 Å². The highest BCUT2D eigenvalue weighted by molar-refractivity contribution is 7.80. The summed E-state index contributed by atoms with van der Waals surface area (Å²) in [6, 6.07) is 43.8. The Balaban J connectivity index is 1.60. The van der Waals surface area contributed by atoms with Gasteiger partial charge in [0, 0.05) is 53.0 Å². The summed E-state index contributed by atoms with van der Waals surface area (Å²) in [5.74, 6) is 0. The largest absolute Gasteiger partial charge is 0.355 e. The standard InChI is InChI=1S/C44H30N4S4/c49-35-14-1-26(2-15-35)41-39-22-11-32(47-39)24-31-8-7-29(45-31)23-30-9-10-33(46-30)25-40-42(27-3-16-36(50)17-4-27)43(28-5-18-37(51)19-6-28)44(41)48(40)34-12-20-38(52)21-13-34/h1-25,45,49-52H. The maximum absolute atomic E-state index is 5.30. The Labute approximate surface area is 323 Å². The number of fused-ring (bicyclic) bond motifs is 8. The molecule has 0 spiro atoms. The van der Waals surface area contributed by atoms with E-state index < -0.39 is 0 Å². The number of aromatic amines is 1. The van der Waals surface area contributed by atoms with E-state index in [1.54, 1.807) is 0 Å². The van der Waals surface area contributed by atoms with E-state index in [0.29, 0.717) is 0 Å². The predicted octanol–water partition coefficient (Wildman–Crippen LogP) is 12.3. The van der Waals surface area contributed by atoms with Gasteiger partial charge in [-0.05, 0) is 132 Å². The van der Waals surface area contributed by atoms with Crippen LogP contribution in [0.25, 0.3) is 85.4 Å². The maximum Gasteiger partial charge on any atom is 0.0737 e. The van der Waals surface area contributed by atoms with Gasteiger partial charge in [0.2, 0.25) is 0 Å². The molecule has 0 atom stereocenters. The summed E-state index contributed by atoms with van der Waals surface area (Å²) in [4.78, 5) is 17.4. The summed E-state index contributed by atoms with van der Waals surface area (Å²) in [6.45, 7) is 0. The molecule has 0 saturated heterocycles. The van der Waals surface area contributed by atoms with Gasteiger partial charge in [0.15, 0.2) is 0 Å². The number of H-pyrrole nitrogens is 1. The molecule has 3 aromatic heterocycles. The van der Waals surface area contributed by atoms with E-state index in [0.717, 1.165) is 103 Å².